The minimum atomic E-state index is -0.0226. The highest BCUT2D eigenvalue weighted by Gasteiger charge is 2.14. The van der Waals surface area contributed by atoms with Gasteiger partial charge in [-0.1, -0.05) is 17.7 Å². The van der Waals surface area contributed by atoms with E-state index in [1.54, 1.807) is 11.3 Å². The Bertz CT molecular complexity index is 527. The van der Waals surface area contributed by atoms with Crippen LogP contribution in [0.25, 0.3) is 0 Å². The molecule has 0 amide bonds. The third-order valence-corrected chi connectivity index (χ3v) is 4.64. The maximum absolute atomic E-state index is 6.09. The number of nitrogens with two attached hydrogens (primary N) is 1. The van der Waals surface area contributed by atoms with Crippen LogP contribution in [0.15, 0.2) is 34.1 Å². The summed E-state index contributed by atoms with van der Waals surface area (Å²) in [6, 6.07) is 7.97. The molecular formula is C12H12BrClN2S. The first kappa shape index (κ1) is 13.1. The third-order valence-electron chi connectivity index (χ3n) is 2.53. The molecule has 0 radical (unpaired) electrons. The Labute approximate surface area is 118 Å². The van der Waals surface area contributed by atoms with Crippen LogP contribution in [-0.2, 0) is 0 Å². The number of hydrogen-bond donors (Lipinski definition) is 2. The standard InChI is InChI=1S/C12H12BrClN2S/c1-7-4-9(6-17-7)12(16-15)8-2-3-10(13)11(14)5-8/h2-6,12,16H,15H2,1H3. The molecule has 1 aromatic carbocycles. The number of halogens is 2. The molecular weight excluding hydrogens is 320 g/mol. The van der Waals surface area contributed by atoms with Gasteiger partial charge in [-0.3, -0.25) is 5.84 Å². The van der Waals surface area contributed by atoms with E-state index in [-0.39, 0.29) is 6.04 Å². The minimum absolute atomic E-state index is 0.0226. The summed E-state index contributed by atoms with van der Waals surface area (Å²) in [5, 5.41) is 2.80. The van der Waals surface area contributed by atoms with E-state index in [0.717, 1.165) is 15.6 Å². The van der Waals surface area contributed by atoms with Crippen molar-refractivity contribution in [2.75, 3.05) is 0 Å². The fraction of sp³-hybridized carbons (Fsp3) is 0.167. The van der Waals surface area contributed by atoms with Crippen molar-refractivity contribution in [1.82, 2.24) is 5.43 Å². The van der Waals surface area contributed by atoms with Gasteiger partial charge < -0.3 is 0 Å². The summed E-state index contributed by atoms with van der Waals surface area (Å²) in [4.78, 5) is 1.27. The lowest BCUT2D eigenvalue weighted by Gasteiger charge is -2.15. The fourth-order valence-corrected chi connectivity index (χ4v) is 2.86. The van der Waals surface area contributed by atoms with Crippen molar-refractivity contribution in [2.45, 2.75) is 13.0 Å². The Morgan fingerprint density at radius 1 is 1.35 bits per heavy atom. The number of hydrazine groups is 1. The second kappa shape index (κ2) is 5.50. The summed E-state index contributed by atoms with van der Waals surface area (Å²) in [5.74, 6) is 5.63. The summed E-state index contributed by atoms with van der Waals surface area (Å²) in [5.41, 5.74) is 5.04. The highest BCUT2D eigenvalue weighted by Crippen LogP contribution is 2.30. The smallest absolute Gasteiger partial charge is 0.0718 e. The molecule has 0 aliphatic heterocycles. The largest absolute Gasteiger partial charge is 0.271 e. The number of benzene rings is 1. The van der Waals surface area contributed by atoms with Crippen molar-refractivity contribution in [1.29, 1.82) is 0 Å². The van der Waals surface area contributed by atoms with E-state index in [1.165, 1.54) is 4.88 Å². The Hall–Kier alpha value is -0.390. The Kier molecular flexibility index (Phi) is 4.22. The topological polar surface area (TPSA) is 38.0 Å². The molecule has 0 saturated heterocycles. The van der Waals surface area contributed by atoms with E-state index in [2.05, 4.69) is 39.7 Å². The summed E-state index contributed by atoms with van der Waals surface area (Å²) < 4.78 is 0.889. The Morgan fingerprint density at radius 3 is 2.65 bits per heavy atom. The summed E-state index contributed by atoms with van der Waals surface area (Å²) in [6.45, 7) is 2.08. The molecule has 0 bridgehead atoms. The number of nitrogens with one attached hydrogen (secondary N) is 1. The molecule has 1 unspecified atom stereocenters. The lowest BCUT2D eigenvalue weighted by molar-refractivity contribution is 0.638. The average Bonchev–Trinajstić information content (AvgIpc) is 2.71. The van der Waals surface area contributed by atoms with Gasteiger partial charge in [0, 0.05) is 9.35 Å². The van der Waals surface area contributed by atoms with Gasteiger partial charge in [0.05, 0.1) is 11.1 Å². The van der Waals surface area contributed by atoms with Gasteiger partial charge in [-0.25, -0.2) is 5.43 Å². The fourth-order valence-electron chi connectivity index (χ4n) is 1.69. The molecule has 0 saturated carbocycles. The summed E-state index contributed by atoms with van der Waals surface area (Å²) in [7, 11) is 0. The monoisotopic (exact) mass is 330 g/mol. The molecule has 0 fully saturated rings. The highest BCUT2D eigenvalue weighted by atomic mass is 79.9. The highest BCUT2D eigenvalue weighted by molar-refractivity contribution is 9.10. The van der Waals surface area contributed by atoms with Crippen LogP contribution in [0.1, 0.15) is 22.0 Å². The lowest BCUT2D eigenvalue weighted by atomic mass is 10.0. The van der Waals surface area contributed by atoms with Gasteiger partial charge in [0.15, 0.2) is 0 Å². The number of aryl methyl sites for hydroxylation is 1. The van der Waals surface area contributed by atoms with Crippen LogP contribution in [0.2, 0.25) is 5.02 Å². The molecule has 1 aromatic heterocycles. The summed E-state index contributed by atoms with van der Waals surface area (Å²) in [6.07, 6.45) is 0. The second-order valence-corrected chi connectivity index (χ2v) is 6.14. The van der Waals surface area contributed by atoms with Crippen molar-refractivity contribution >= 4 is 38.9 Å². The average molecular weight is 332 g/mol. The predicted octanol–water partition coefficient (Wildman–Crippen LogP) is 4.03. The molecule has 3 N–H and O–H groups in total. The minimum Gasteiger partial charge on any atom is -0.271 e. The molecule has 2 rings (SSSR count). The third kappa shape index (κ3) is 2.89. The van der Waals surface area contributed by atoms with Crippen LogP contribution < -0.4 is 11.3 Å². The zero-order chi connectivity index (χ0) is 12.4. The van der Waals surface area contributed by atoms with E-state index in [0.29, 0.717) is 5.02 Å². The van der Waals surface area contributed by atoms with E-state index < -0.39 is 0 Å². The van der Waals surface area contributed by atoms with Gasteiger partial charge in [0.25, 0.3) is 0 Å². The Balaban J connectivity index is 2.38. The van der Waals surface area contributed by atoms with Crippen LogP contribution in [0.3, 0.4) is 0 Å². The first-order valence-electron chi connectivity index (χ1n) is 5.08. The van der Waals surface area contributed by atoms with Crippen LogP contribution >= 0.6 is 38.9 Å². The number of hydrogen-bond acceptors (Lipinski definition) is 3. The maximum Gasteiger partial charge on any atom is 0.0718 e. The van der Waals surface area contributed by atoms with Crippen LogP contribution in [0.4, 0.5) is 0 Å². The molecule has 90 valence electrons. The normalized spacial score (nSPS) is 12.7. The zero-order valence-electron chi connectivity index (χ0n) is 9.21. The van der Waals surface area contributed by atoms with Crippen molar-refractivity contribution < 1.29 is 0 Å². The molecule has 1 heterocycles. The maximum atomic E-state index is 6.09. The Morgan fingerprint density at radius 2 is 2.12 bits per heavy atom. The lowest BCUT2D eigenvalue weighted by Crippen LogP contribution is -2.28. The van der Waals surface area contributed by atoms with Crippen LogP contribution in [0, 0.1) is 6.92 Å². The van der Waals surface area contributed by atoms with Gasteiger partial charge in [0.1, 0.15) is 0 Å². The van der Waals surface area contributed by atoms with Crippen molar-refractivity contribution in [2.24, 2.45) is 5.84 Å². The molecule has 5 heteroatoms. The molecule has 17 heavy (non-hydrogen) atoms. The molecule has 2 nitrogen and oxygen atoms in total. The van der Waals surface area contributed by atoms with Gasteiger partial charge in [0.2, 0.25) is 0 Å². The van der Waals surface area contributed by atoms with Gasteiger partial charge in [-0.15, -0.1) is 11.3 Å². The van der Waals surface area contributed by atoms with E-state index >= 15 is 0 Å². The van der Waals surface area contributed by atoms with E-state index in [1.807, 2.05) is 18.2 Å². The van der Waals surface area contributed by atoms with Gasteiger partial charge >= 0.3 is 0 Å². The molecule has 1 atom stereocenters. The number of rotatable bonds is 3. The zero-order valence-corrected chi connectivity index (χ0v) is 12.4. The first-order chi connectivity index (χ1) is 8.11. The van der Waals surface area contributed by atoms with Crippen molar-refractivity contribution in [3.8, 4) is 0 Å². The predicted molar refractivity (Wildman–Crippen MR) is 77.4 cm³/mol. The molecule has 0 spiro atoms. The molecule has 0 aliphatic carbocycles. The number of thiophene rings is 1. The van der Waals surface area contributed by atoms with E-state index in [4.69, 9.17) is 17.4 Å². The first-order valence-corrected chi connectivity index (χ1v) is 7.13. The van der Waals surface area contributed by atoms with E-state index in [9.17, 15) is 0 Å². The second-order valence-electron chi connectivity index (χ2n) is 3.76. The van der Waals surface area contributed by atoms with Gasteiger partial charge in [-0.05, 0) is 57.6 Å². The summed E-state index contributed by atoms with van der Waals surface area (Å²) >= 11 is 11.2. The van der Waals surface area contributed by atoms with Crippen LogP contribution in [0.5, 0.6) is 0 Å². The van der Waals surface area contributed by atoms with Crippen LogP contribution in [-0.4, -0.2) is 0 Å². The molecule has 0 aliphatic rings. The SMILES string of the molecule is Cc1cc(C(NN)c2ccc(Br)c(Cl)c2)cs1. The van der Waals surface area contributed by atoms with Crippen molar-refractivity contribution in [3.05, 3.63) is 55.1 Å². The molecule has 2 aromatic rings. The van der Waals surface area contributed by atoms with Gasteiger partial charge in [-0.2, -0.15) is 0 Å². The quantitative estimate of drug-likeness (QED) is 0.658. The van der Waals surface area contributed by atoms with Crippen molar-refractivity contribution in [3.63, 3.8) is 0 Å².